The Labute approximate surface area is 79.0 Å². The number of rotatable bonds is 3. The summed E-state index contributed by atoms with van der Waals surface area (Å²) in [5.74, 6) is 0. The minimum Gasteiger partial charge on any atom is -0.388 e. The van der Waals surface area contributed by atoms with Crippen molar-refractivity contribution in [2.75, 3.05) is 20.3 Å². The summed E-state index contributed by atoms with van der Waals surface area (Å²) in [7, 11) is 1.64. The molecule has 4 nitrogen and oxygen atoms in total. The molecule has 78 valence electrons. The van der Waals surface area contributed by atoms with E-state index in [1.54, 1.807) is 7.11 Å². The van der Waals surface area contributed by atoms with E-state index >= 15 is 0 Å². The Bertz CT molecular complexity index is 165. The van der Waals surface area contributed by atoms with Crippen molar-refractivity contribution >= 4 is 0 Å². The zero-order valence-electron chi connectivity index (χ0n) is 8.32. The second kappa shape index (κ2) is 4.37. The molecular formula is C9H19NO3. The molecule has 0 aliphatic carbocycles. The molecule has 0 spiro atoms. The molecule has 0 amide bonds. The Kier molecular flexibility index (Phi) is 3.67. The molecule has 3 unspecified atom stereocenters. The van der Waals surface area contributed by atoms with Crippen LogP contribution in [0.4, 0.5) is 0 Å². The maximum absolute atomic E-state index is 10.2. The van der Waals surface area contributed by atoms with Gasteiger partial charge in [-0.05, 0) is 6.92 Å². The van der Waals surface area contributed by atoms with E-state index < -0.39 is 5.60 Å². The fourth-order valence-electron chi connectivity index (χ4n) is 1.63. The molecule has 1 heterocycles. The van der Waals surface area contributed by atoms with Gasteiger partial charge in [-0.25, -0.2) is 0 Å². The summed E-state index contributed by atoms with van der Waals surface area (Å²) in [6, 6.07) is -0.293. The van der Waals surface area contributed by atoms with Crippen LogP contribution in [0.5, 0.6) is 0 Å². The van der Waals surface area contributed by atoms with Crippen molar-refractivity contribution in [2.45, 2.75) is 37.5 Å². The molecule has 0 saturated carbocycles. The topological polar surface area (TPSA) is 64.7 Å². The van der Waals surface area contributed by atoms with Crippen molar-refractivity contribution in [1.82, 2.24) is 0 Å². The first-order valence-electron chi connectivity index (χ1n) is 4.67. The predicted molar refractivity (Wildman–Crippen MR) is 49.4 cm³/mol. The molecule has 0 aromatic rings. The first-order valence-corrected chi connectivity index (χ1v) is 4.67. The fraction of sp³-hybridized carbons (Fsp3) is 1.00. The number of hydrogen-bond donors (Lipinski definition) is 2. The lowest BCUT2D eigenvalue weighted by Gasteiger charge is -2.38. The molecule has 1 rings (SSSR count). The Morgan fingerprint density at radius 2 is 2.46 bits per heavy atom. The molecule has 1 aliphatic heterocycles. The minimum atomic E-state index is -0.812. The summed E-state index contributed by atoms with van der Waals surface area (Å²) in [5.41, 5.74) is 4.97. The van der Waals surface area contributed by atoms with Gasteiger partial charge in [0.25, 0.3) is 0 Å². The molecule has 3 N–H and O–H groups in total. The van der Waals surface area contributed by atoms with Crippen LogP contribution in [0.1, 0.15) is 19.8 Å². The second-order valence-corrected chi connectivity index (χ2v) is 3.79. The summed E-state index contributed by atoms with van der Waals surface area (Å²) in [6.45, 7) is 2.95. The molecule has 0 bridgehead atoms. The van der Waals surface area contributed by atoms with E-state index in [2.05, 4.69) is 0 Å². The highest BCUT2D eigenvalue weighted by atomic mass is 16.5. The van der Waals surface area contributed by atoms with Gasteiger partial charge in [0.05, 0.1) is 24.4 Å². The first kappa shape index (κ1) is 10.9. The van der Waals surface area contributed by atoms with Crippen LogP contribution in [0, 0.1) is 0 Å². The summed E-state index contributed by atoms with van der Waals surface area (Å²) >= 11 is 0. The van der Waals surface area contributed by atoms with Gasteiger partial charge in [0, 0.05) is 26.6 Å². The highest BCUT2D eigenvalue weighted by molar-refractivity contribution is 4.93. The number of nitrogens with two attached hydrogens (primary N) is 1. The molecule has 0 aromatic heterocycles. The Morgan fingerprint density at radius 1 is 1.77 bits per heavy atom. The molecule has 1 fully saturated rings. The van der Waals surface area contributed by atoms with Gasteiger partial charge >= 0.3 is 0 Å². The lowest BCUT2D eigenvalue weighted by Crippen LogP contribution is -2.55. The van der Waals surface area contributed by atoms with Crippen LogP contribution in [0.2, 0.25) is 0 Å². The highest BCUT2D eigenvalue weighted by Crippen LogP contribution is 2.25. The van der Waals surface area contributed by atoms with Crippen molar-refractivity contribution in [3.63, 3.8) is 0 Å². The van der Waals surface area contributed by atoms with Crippen LogP contribution in [0.3, 0.4) is 0 Å². The predicted octanol–water partition coefficient (Wildman–Crippen LogP) is -0.110. The van der Waals surface area contributed by atoms with Crippen LogP contribution < -0.4 is 5.73 Å². The van der Waals surface area contributed by atoms with Gasteiger partial charge < -0.3 is 20.3 Å². The van der Waals surface area contributed by atoms with E-state index in [-0.39, 0.29) is 12.1 Å². The van der Waals surface area contributed by atoms with E-state index in [0.29, 0.717) is 26.1 Å². The highest BCUT2D eigenvalue weighted by Gasteiger charge is 2.38. The van der Waals surface area contributed by atoms with Crippen molar-refractivity contribution in [2.24, 2.45) is 5.73 Å². The SMILES string of the molecule is COC(C)CC1(O)CCOCC1N. The van der Waals surface area contributed by atoms with Gasteiger partial charge in [0.15, 0.2) is 0 Å². The normalized spacial score (nSPS) is 37.4. The van der Waals surface area contributed by atoms with E-state index in [4.69, 9.17) is 15.2 Å². The molecule has 4 heteroatoms. The van der Waals surface area contributed by atoms with Crippen molar-refractivity contribution < 1.29 is 14.6 Å². The summed E-state index contributed by atoms with van der Waals surface area (Å²) < 4.78 is 10.3. The number of aliphatic hydroxyl groups is 1. The average molecular weight is 189 g/mol. The molecule has 1 saturated heterocycles. The van der Waals surface area contributed by atoms with Gasteiger partial charge in [0.2, 0.25) is 0 Å². The van der Waals surface area contributed by atoms with Gasteiger partial charge in [-0.1, -0.05) is 0 Å². The number of methoxy groups -OCH3 is 1. The standard InChI is InChI=1S/C9H19NO3/c1-7(12-2)5-9(11)3-4-13-6-8(9)10/h7-8,11H,3-6,10H2,1-2H3. The van der Waals surface area contributed by atoms with E-state index in [9.17, 15) is 5.11 Å². The minimum absolute atomic E-state index is 0.0362. The molecule has 0 radical (unpaired) electrons. The first-order chi connectivity index (χ1) is 6.08. The summed E-state index contributed by atoms with van der Waals surface area (Å²) in [4.78, 5) is 0. The average Bonchev–Trinajstić information content (AvgIpc) is 2.10. The summed E-state index contributed by atoms with van der Waals surface area (Å²) in [5, 5.41) is 10.2. The Balaban J connectivity index is 2.51. The van der Waals surface area contributed by atoms with E-state index in [0.717, 1.165) is 0 Å². The Morgan fingerprint density at radius 3 is 3.00 bits per heavy atom. The van der Waals surface area contributed by atoms with Crippen molar-refractivity contribution in [1.29, 1.82) is 0 Å². The van der Waals surface area contributed by atoms with Crippen molar-refractivity contribution in [3.8, 4) is 0 Å². The van der Waals surface area contributed by atoms with Crippen LogP contribution in [-0.4, -0.2) is 43.2 Å². The zero-order valence-corrected chi connectivity index (χ0v) is 8.32. The maximum atomic E-state index is 10.2. The summed E-state index contributed by atoms with van der Waals surface area (Å²) in [6.07, 6.45) is 1.21. The van der Waals surface area contributed by atoms with Gasteiger partial charge in [0.1, 0.15) is 0 Å². The third-order valence-electron chi connectivity index (χ3n) is 2.71. The maximum Gasteiger partial charge on any atom is 0.0866 e. The van der Waals surface area contributed by atoms with E-state index in [1.807, 2.05) is 6.92 Å². The molecule has 13 heavy (non-hydrogen) atoms. The molecule has 3 atom stereocenters. The number of ether oxygens (including phenoxy) is 2. The third-order valence-corrected chi connectivity index (χ3v) is 2.71. The smallest absolute Gasteiger partial charge is 0.0866 e. The molecule has 0 aromatic carbocycles. The molecular weight excluding hydrogens is 170 g/mol. The van der Waals surface area contributed by atoms with Gasteiger partial charge in [-0.2, -0.15) is 0 Å². The monoisotopic (exact) mass is 189 g/mol. The van der Waals surface area contributed by atoms with Crippen molar-refractivity contribution in [3.05, 3.63) is 0 Å². The van der Waals surface area contributed by atoms with Gasteiger partial charge in [-0.15, -0.1) is 0 Å². The largest absolute Gasteiger partial charge is 0.388 e. The van der Waals surface area contributed by atoms with Crippen LogP contribution >= 0.6 is 0 Å². The van der Waals surface area contributed by atoms with Gasteiger partial charge in [-0.3, -0.25) is 0 Å². The molecule has 1 aliphatic rings. The van der Waals surface area contributed by atoms with Crippen LogP contribution in [0.25, 0.3) is 0 Å². The van der Waals surface area contributed by atoms with Crippen LogP contribution in [0.15, 0.2) is 0 Å². The van der Waals surface area contributed by atoms with E-state index in [1.165, 1.54) is 0 Å². The fourth-order valence-corrected chi connectivity index (χ4v) is 1.63. The third kappa shape index (κ3) is 2.64. The lowest BCUT2D eigenvalue weighted by atomic mass is 9.85. The lowest BCUT2D eigenvalue weighted by molar-refractivity contribution is -0.103. The second-order valence-electron chi connectivity index (χ2n) is 3.79. The number of hydrogen-bond acceptors (Lipinski definition) is 4. The van der Waals surface area contributed by atoms with Crippen LogP contribution in [-0.2, 0) is 9.47 Å². The quantitative estimate of drug-likeness (QED) is 0.650. The zero-order chi connectivity index (χ0) is 9.90. The Hall–Kier alpha value is -0.160.